The van der Waals surface area contributed by atoms with Crippen molar-refractivity contribution in [2.75, 3.05) is 45.2 Å². The van der Waals surface area contributed by atoms with Crippen molar-refractivity contribution in [3.63, 3.8) is 0 Å². The van der Waals surface area contributed by atoms with E-state index in [1.165, 1.54) is 21.3 Å². The van der Waals surface area contributed by atoms with Gasteiger partial charge in [-0.1, -0.05) is 48.5 Å². The Balaban J connectivity index is 0.921. The van der Waals surface area contributed by atoms with Gasteiger partial charge in [-0.3, -0.25) is 19.1 Å². The van der Waals surface area contributed by atoms with Gasteiger partial charge in [0.2, 0.25) is 5.91 Å². The maximum atomic E-state index is 14.3. The number of hydrogen-bond acceptors (Lipinski definition) is 9. The molecular formula is C41H44N8O3S. The lowest BCUT2D eigenvalue weighted by atomic mass is 9.79. The Hall–Kier alpha value is -5.17. The van der Waals surface area contributed by atoms with Gasteiger partial charge in [0.1, 0.15) is 17.2 Å². The van der Waals surface area contributed by atoms with Crippen LogP contribution >= 0.6 is 11.3 Å². The van der Waals surface area contributed by atoms with Crippen LogP contribution in [0.25, 0.3) is 27.3 Å². The van der Waals surface area contributed by atoms with Crippen molar-refractivity contribution in [3.8, 4) is 16.3 Å². The predicted octanol–water partition coefficient (Wildman–Crippen LogP) is 5.43. The molecule has 2 fully saturated rings. The number of thiazole rings is 1. The molecule has 272 valence electrons. The molecule has 2 atom stereocenters. The number of para-hydroxylation sites is 1. The smallest absolute Gasteiger partial charge is 0.262 e. The molecule has 0 unspecified atom stereocenters. The zero-order valence-electron chi connectivity index (χ0n) is 30.1. The third-order valence-electron chi connectivity index (χ3n) is 10.8. The molecule has 0 radical (unpaired) electrons. The van der Waals surface area contributed by atoms with Crippen molar-refractivity contribution in [1.82, 2.24) is 33.9 Å². The minimum atomic E-state index is -1.11. The lowest BCUT2D eigenvalue weighted by molar-refractivity contribution is -0.142. The van der Waals surface area contributed by atoms with Gasteiger partial charge in [0.25, 0.3) is 5.56 Å². The van der Waals surface area contributed by atoms with E-state index in [1.54, 1.807) is 17.4 Å². The van der Waals surface area contributed by atoms with Crippen LogP contribution in [0.2, 0.25) is 0 Å². The number of aromatic nitrogens is 5. The van der Waals surface area contributed by atoms with E-state index in [1.807, 2.05) is 102 Å². The topological polar surface area (TPSA) is 113 Å². The Morgan fingerprint density at radius 3 is 2.40 bits per heavy atom. The highest BCUT2D eigenvalue weighted by molar-refractivity contribution is 7.15. The lowest BCUT2D eigenvalue weighted by Gasteiger charge is -2.43. The summed E-state index contributed by atoms with van der Waals surface area (Å²) < 4.78 is 3.41. The van der Waals surface area contributed by atoms with E-state index in [-0.39, 0.29) is 29.8 Å². The average molecular weight is 729 g/mol. The van der Waals surface area contributed by atoms with E-state index < -0.39 is 5.60 Å². The minimum absolute atomic E-state index is 0.0491. The minimum Gasteiger partial charge on any atom is -0.388 e. The van der Waals surface area contributed by atoms with Gasteiger partial charge in [0.05, 0.1) is 17.5 Å². The van der Waals surface area contributed by atoms with Crippen LogP contribution in [-0.4, -0.2) is 90.8 Å². The number of likely N-dealkylation sites (tertiary alicyclic amines) is 2. The summed E-state index contributed by atoms with van der Waals surface area (Å²) in [6.07, 6.45) is 8.77. The number of rotatable bonds is 9. The first-order valence-electron chi connectivity index (χ1n) is 18.2. The number of carbonyl (C=O) groups excluding carboxylic acids is 1. The zero-order valence-corrected chi connectivity index (χ0v) is 30.9. The second-order valence-corrected chi connectivity index (χ2v) is 15.7. The van der Waals surface area contributed by atoms with E-state index in [0.29, 0.717) is 37.0 Å². The lowest BCUT2D eigenvalue weighted by Crippen LogP contribution is -2.53. The normalized spacial score (nSPS) is 19.0. The van der Waals surface area contributed by atoms with E-state index in [2.05, 4.69) is 33.1 Å². The third-order valence-corrected chi connectivity index (χ3v) is 11.8. The zero-order chi connectivity index (χ0) is 36.5. The number of hydrogen-bond donors (Lipinski definition) is 1. The van der Waals surface area contributed by atoms with Crippen LogP contribution in [0.4, 0.5) is 5.82 Å². The molecule has 12 heteroatoms. The van der Waals surface area contributed by atoms with Crippen molar-refractivity contribution in [3.05, 3.63) is 125 Å². The van der Waals surface area contributed by atoms with Gasteiger partial charge in [0, 0.05) is 86.8 Å². The molecule has 2 aliphatic rings. The number of pyridine rings is 1. The van der Waals surface area contributed by atoms with Crippen LogP contribution in [0, 0.1) is 5.92 Å². The fourth-order valence-corrected chi connectivity index (χ4v) is 8.77. The predicted molar refractivity (Wildman–Crippen MR) is 208 cm³/mol. The molecule has 0 spiro atoms. The van der Waals surface area contributed by atoms with Crippen LogP contribution in [-0.2, 0) is 17.9 Å². The van der Waals surface area contributed by atoms with E-state index in [9.17, 15) is 14.7 Å². The van der Waals surface area contributed by atoms with E-state index in [4.69, 9.17) is 4.98 Å². The van der Waals surface area contributed by atoms with Crippen molar-refractivity contribution in [1.29, 1.82) is 0 Å². The third kappa shape index (κ3) is 7.26. The molecule has 1 N–H and O–H groups in total. The second-order valence-electron chi connectivity index (χ2n) is 14.6. The van der Waals surface area contributed by atoms with E-state index in [0.717, 1.165) is 48.1 Å². The van der Waals surface area contributed by atoms with Crippen LogP contribution in [0.3, 0.4) is 0 Å². The molecule has 6 aromatic rings. The first-order valence-corrected chi connectivity index (χ1v) is 19.1. The van der Waals surface area contributed by atoms with Gasteiger partial charge in [-0.2, -0.15) is 0 Å². The highest BCUT2D eigenvalue weighted by Gasteiger charge is 2.41. The van der Waals surface area contributed by atoms with Gasteiger partial charge in [0.15, 0.2) is 5.65 Å². The fraction of sp³-hybridized carbons (Fsp3) is 0.341. The highest BCUT2D eigenvalue weighted by Crippen LogP contribution is 2.37. The quantitative estimate of drug-likeness (QED) is 0.210. The Morgan fingerprint density at radius 1 is 0.925 bits per heavy atom. The molecule has 0 saturated carbocycles. The first-order chi connectivity index (χ1) is 25.7. The number of aliphatic hydroxyl groups is 1. The van der Waals surface area contributed by atoms with Crippen molar-refractivity contribution < 1.29 is 9.90 Å². The summed E-state index contributed by atoms with van der Waals surface area (Å²) in [7, 11) is 3.96. The van der Waals surface area contributed by atoms with Crippen LogP contribution in [0.5, 0.6) is 0 Å². The fourth-order valence-electron chi connectivity index (χ4n) is 7.83. The SMILES string of the molecule is CN(C)c1ccc(-c2ncc(CN3CC[C@@H](C(=O)N4CCC(O)(Cn5cnc6c(ccn6-c6ccccc6)c5=O)CC4)[C@H](c4ccccc4)C3)s2)cn1. The molecule has 1 amide bonds. The van der Waals surface area contributed by atoms with Crippen LogP contribution < -0.4 is 10.5 Å². The summed E-state index contributed by atoms with van der Waals surface area (Å²) in [5.74, 6) is 0.958. The molecule has 4 aromatic heterocycles. The summed E-state index contributed by atoms with van der Waals surface area (Å²) in [6.45, 7) is 3.39. The molecule has 11 nitrogen and oxygen atoms in total. The molecule has 8 rings (SSSR count). The summed E-state index contributed by atoms with van der Waals surface area (Å²) in [5.41, 5.74) is 2.40. The number of nitrogens with zero attached hydrogens (tertiary/aromatic N) is 8. The summed E-state index contributed by atoms with van der Waals surface area (Å²) in [6, 6.07) is 26.0. The monoisotopic (exact) mass is 728 g/mol. The number of carbonyl (C=O) groups is 1. The molecule has 53 heavy (non-hydrogen) atoms. The maximum Gasteiger partial charge on any atom is 0.262 e. The van der Waals surface area contributed by atoms with Gasteiger partial charge < -0.3 is 19.5 Å². The van der Waals surface area contributed by atoms with Crippen molar-refractivity contribution in [2.45, 2.75) is 43.9 Å². The van der Waals surface area contributed by atoms with Crippen LogP contribution in [0.1, 0.15) is 35.6 Å². The Bertz CT molecular complexity index is 2240. The largest absolute Gasteiger partial charge is 0.388 e. The molecule has 2 saturated heterocycles. The number of fused-ring (bicyclic) bond motifs is 1. The van der Waals surface area contributed by atoms with Gasteiger partial charge >= 0.3 is 0 Å². The number of anilines is 1. The summed E-state index contributed by atoms with van der Waals surface area (Å²) in [5, 5.41) is 13.1. The molecule has 2 aliphatic heterocycles. The number of benzene rings is 2. The van der Waals surface area contributed by atoms with Gasteiger partial charge in [-0.15, -0.1) is 11.3 Å². The molecular weight excluding hydrogens is 685 g/mol. The molecule has 6 heterocycles. The number of amides is 1. The summed E-state index contributed by atoms with van der Waals surface area (Å²) in [4.78, 5) is 49.2. The van der Waals surface area contributed by atoms with Crippen LogP contribution in [0.15, 0.2) is 109 Å². The Kier molecular flexibility index (Phi) is 9.67. The molecule has 0 bridgehead atoms. The number of piperidine rings is 2. The van der Waals surface area contributed by atoms with E-state index >= 15 is 0 Å². The Labute approximate surface area is 312 Å². The molecule has 0 aliphatic carbocycles. The summed E-state index contributed by atoms with van der Waals surface area (Å²) >= 11 is 1.69. The van der Waals surface area contributed by atoms with Crippen molar-refractivity contribution >= 4 is 34.1 Å². The molecule has 2 aromatic carbocycles. The Morgan fingerprint density at radius 2 is 1.68 bits per heavy atom. The highest BCUT2D eigenvalue weighted by atomic mass is 32.1. The average Bonchev–Trinajstić information content (AvgIpc) is 3.85. The van der Waals surface area contributed by atoms with Crippen molar-refractivity contribution in [2.24, 2.45) is 5.92 Å². The standard InChI is InChI=1S/C41H44N8O3S/c1-45(2)36-14-13-30(23-42-36)38-43-24-32(53-38)25-46-19-15-33(35(26-46)29-9-5-3-6-10-29)39(50)47-21-17-41(52,18-22-47)27-48-28-44-37-34(40(48)51)16-20-49(37)31-11-7-4-8-12-31/h3-14,16,20,23-24,28,33,35,52H,15,17-19,21-22,25-27H2,1-2H3/t33-,35+/m1/s1. The maximum absolute atomic E-state index is 14.3. The van der Waals surface area contributed by atoms with Gasteiger partial charge in [-0.05, 0) is 61.7 Å². The second kappa shape index (κ2) is 14.7. The van der Waals surface area contributed by atoms with Gasteiger partial charge in [-0.25, -0.2) is 15.0 Å². The first kappa shape index (κ1) is 34.9.